The largest absolute Gasteiger partial charge is 0.388 e. The fraction of sp³-hybridized carbons (Fsp3) is 0.312. The molecule has 0 aliphatic carbocycles. The van der Waals surface area contributed by atoms with Gasteiger partial charge in [0.25, 0.3) is 0 Å². The highest BCUT2D eigenvalue weighted by atomic mass is 16.3. The predicted octanol–water partition coefficient (Wildman–Crippen LogP) is 2.68. The van der Waals surface area contributed by atoms with Gasteiger partial charge in [-0.1, -0.05) is 24.3 Å². The molecule has 5 nitrogen and oxygen atoms in total. The molecule has 1 atom stereocenters. The van der Waals surface area contributed by atoms with Gasteiger partial charge in [0, 0.05) is 29.6 Å². The number of hydrogen-bond acceptors (Lipinski definition) is 4. The van der Waals surface area contributed by atoms with Crippen molar-refractivity contribution in [3.8, 4) is 0 Å². The van der Waals surface area contributed by atoms with Gasteiger partial charge in [0.2, 0.25) is 0 Å². The van der Waals surface area contributed by atoms with Crippen LogP contribution in [0.5, 0.6) is 0 Å². The molecule has 5 heteroatoms. The molecule has 0 aliphatic rings. The molecule has 0 saturated carbocycles. The second kappa shape index (κ2) is 5.61. The topological polar surface area (TPSA) is 63.8 Å². The Labute approximate surface area is 123 Å². The molecule has 2 heterocycles. The highest BCUT2D eigenvalue weighted by Crippen LogP contribution is 2.25. The van der Waals surface area contributed by atoms with Crippen molar-refractivity contribution in [2.75, 3.05) is 0 Å². The first-order valence-corrected chi connectivity index (χ1v) is 7.07. The number of benzene rings is 1. The number of rotatable bonds is 4. The minimum absolute atomic E-state index is 0.223. The molecule has 0 fully saturated rings. The zero-order chi connectivity index (χ0) is 14.8. The maximum Gasteiger partial charge on any atom is 0.138 e. The molecule has 1 aromatic carbocycles. The van der Waals surface area contributed by atoms with Crippen molar-refractivity contribution in [1.29, 1.82) is 0 Å². The van der Waals surface area contributed by atoms with E-state index in [9.17, 15) is 5.11 Å². The lowest BCUT2D eigenvalue weighted by Gasteiger charge is -2.14. The van der Waals surface area contributed by atoms with Crippen molar-refractivity contribution in [3.63, 3.8) is 0 Å². The first-order valence-electron chi connectivity index (χ1n) is 7.07. The highest BCUT2D eigenvalue weighted by molar-refractivity contribution is 5.81. The van der Waals surface area contributed by atoms with Gasteiger partial charge in [0.1, 0.15) is 12.2 Å². The summed E-state index contributed by atoms with van der Waals surface area (Å²) in [7, 11) is 0. The van der Waals surface area contributed by atoms with Crippen LogP contribution in [-0.4, -0.2) is 24.9 Å². The van der Waals surface area contributed by atoms with Gasteiger partial charge in [-0.25, -0.2) is 9.67 Å². The van der Waals surface area contributed by atoms with Gasteiger partial charge in [-0.05, 0) is 19.9 Å². The third-order valence-corrected chi connectivity index (χ3v) is 3.54. The predicted molar refractivity (Wildman–Crippen MR) is 80.8 cm³/mol. The Morgan fingerprint density at radius 2 is 1.95 bits per heavy atom. The Morgan fingerprint density at radius 3 is 2.76 bits per heavy atom. The van der Waals surface area contributed by atoms with Crippen LogP contribution in [0.3, 0.4) is 0 Å². The summed E-state index contributed by atoms with van der Waals surface area (Å²) in [6, 6.07) is 9.96. The molecular formula is C16H18N4O. The van der Waals surface area contributed by atoms with Crippen LogP contribution >= 0.6 is 0 Å². The van der Waals surface area contributed by atoms with Crippen molar-refractivity contribution in [2.45, 2.75) is 32.4 Å². The Bertz CT molecular complexity index is 745. The number of fused-ring (bicyclic) bond motifs is 1. The van der Waals surface area contributed by atoms with Crippen LogP contribution in [0.25, 0.3) is 10.9 Å². The Hall–Kier alpha value is -2.27. The summed E-state index contributed by atoms with van der Waals surface area (Å²) >= 11 is 0. The molecule has 3 rings (SSSR count). The SMILES string of the molecule is CC(C)n1ncnc1CC(O)c1cccc2cccnc12. The summed E-state index contributed by atoms with van der Waals surface area (Å²) in [5.41, 5.74) is 1.66. The van der Waals surface area contributed by atoms with E-state index in [1.165, 1.54) is 6.33 Å². The normalized spacial score (nSPS) is 13.0. The third kappa shape index (κ3) is 2.64. The molecule has 2 aromatic heterocycles. The van der Waals surface area contributed by atoms with E-state index >= 15 is 0 Å². The molecule has 3 aromatic rings. The Kier molecular flexibility index (Phi) is 3.66. The molecule has 21 heavy (non-hydrogen) atoms. The maximum absolute atomic E-state index is 10.6. The molecule has 1 N–H and O–H groups in total. The van der Waals surface area contributed by atoms with Crippen LogP contribution in [0.4, 0.5) is 0 Å². The third-order valence-electron chi connectivity index (χ3n) is 3.54. The average molecular weight is 282 g/mol. The van der Waals surface area contributed by atoms with Crippen LogP contribution in [0.2, 0.25) is 0 Å². The first kappa shape index (κ1) is 13.7. The number of aliphatic hydroxyl groups is 1. The molecule has 0 spiro atoms. The molecule has 0 saturated heterocycles. The fourth-order valence-corrected chi connectivity index (χ4v) is 2.53. The Morgan fingerprint density at radius 1 is 1.14 bits per heavy atom. The van der Waals surface area contributed by atoms with Crippen LogP contribution < -0.4 is 0 Å². The number of aromatic nitrogens is 4. The summed E-state index contributed by atoms with van der Waals surface area (Å²) in [5, 5.41) is 15.8. The second-order valence-electron chi connectivity index (χ2n) is 5.36. The van der Waals surface area contributed by atoms with Crippen LogP contribution in [-0.2, 0) is 6.42 Å². The molecule has 108 valence electrons. The zero-order valence-corrected chi connectivity index (χ0v) is 12.1. The van der Waals surface area contributed by atoms with Crippen molar-refractivity contribution >= 4 is 10.9 Å². The van der Waals surface area contributed by atoms with Crippen molar-refractivity contribution in [3.05, 3.63) is 54.2 Å². The molecule has 0 radical (unpaired) electrons. The van der Waals surface area contributed by atoms with E-state index in [1.54, 1.807) is 6.20 Å². The van der Waals surface area contributed by atoms with Crippen molar-refractivity contribution < 1.29 is 5.11 Å². The minimum atomic E-state index is -0.648. The quantitative estimate of drug-likeness (QED) is 0.799. The van der Waals surface area contributed by atoms with E-state index < -0.39 is 6.10 Å². The summed E-state index contributed by atoms with van der Waals surface area (Å²) in [6.07, 6.45) is 3.05. The number of nitrogens with zero attached hydrogens (tertiary/aromatic N) is 4. The lowest BCUT2D eigenvalue weighted by atomic mass is 10.0. The van der Waals surface area contributed by atoms with Gasteiger partial charge in [-0.2, -0.15) is 5.10 Å². The van der Waals surface area contributed by atoms with Gasteiger partial charge < -0.3 is 5.11 Å². The smallest absolute Gasteiger partial charge is 0.138 e. The van der Waals surface area contributed by atoms with E-state index in [-0.39, 0.29) is 6.04 Å². The van der Waals surface area contributed by atoms with Gasteiger partial charge in [-0.3, -0.25) is 4.98 Å². The van der Waals surface area contributed by atoms with E-state index in [2.05, 4.69) is 15.1 Å². The van der Waals surface area contributed by atoms with Crippen molar-refractivity contribution in [1.82, 2.24) is 19.7 Å². The van der Waals surface area contributed by atoms with Gasteiger partial charge in [0.15, 0.2) is 0 Å². The van der Waals surface area contributed by atoms with E-state index in [1.807, 2.05) is 48.9 Å². The van der Waals surface area contributed by atoms with E-state index in [0.717, 1.165) is 22.3 Å². The Balaban J connectivity index is 1.94. The van der Waals surface area contributed by atoms with E-state index in [4.69, 9.17) is 0 Å². The van der Waals surface area contributed by atoms with Crippen LogP contribution in [0.1, 0.15) is 37.4 Å². The summed E-state index contributed by atoms with van der Waals surface area (Å²) in [5.74, 6) is 0.783. The summed E-state index contributed by atoms with van der Waals surface area (Å²) in [4.78, 5) is 8.64. The van der Waals surface area contributed by atoms with Gasteiger partial charge in [-0.15, -0.1) is 0 Å². The fourth-order valence-electron chi connectivity index (χ4n) is 2.53. The lowest BCUT2D eigenvalue weighted by molar-refractivity contribution is 0.174. The van der Waals surface area contributed by atoms with Crippen molar-refractivity contribution in [2.24, 2.45) is 0 Å². The minimum Gasteiger partial charge on any atom is -0.388 e. The van der Waals surface area contributed by atoms with Gasteiger partial charge >= 0.3 is 0 Å². The number of aliphatic hydroxyl groups excluding tert-OH is 1. The number of hydrogen-bond donors (Lipinski definition) is 1. The average Bonchev–Trinajstić information content (AvgIpc) is 2.95. The molecular weight excluding hydrogens is 264 g/mol. The zero-order valence-electron chi connectivity index (χ0n) is 12.1. The maximum atomic E-state index is 10.6. The monoisotopic (exact) mass is 282 g/mol. The van der Waals surface area contributed by atoms with E-state index in [0.29, 0.717) is 6.42 Å². The molecule has 0 aliphatic heterocycles. The first-order chi connectivity index (χ1) is 10.2. The number of para-hydroxylation sites is 1. The van der Waals surface area contributed by atoms with Crippen LogP contribution in [0, 0.1) is 0 Å². The molecule has 0 bridgehead atoms. The standard InChI is InChI=1S/C16H18N4O/c1-11(2)20-15(18-10-19-20)9-14(21)13-7-3-5-12-6-4-8-17-16(12)13/h3-8,10-11,14,21H,9H2,1-2H3. The molecule has 1 unspecified atom stereocenters. The molecule has 0 amide bonds. The highest BCUT2D eigenvalue weighted by Gasteiger charge is 2.17. The second-order valence-corrected chi connectivity index (χ2v) is 5.36. The summed E-state index contributed by atoms with van der Waals surface area (Å²) < 4.78 is 1.84. The lowest BCUT2D eigenvalue weighted by Crippen LogP contribution is -2.12. The summed E-state index contributed by atoms with van der Waals surface area (Å²) in [6.45, 7) is 4.09. The van der Waals surface area contributed by atoms with Crippen LogP contribution in [0.15, 0.2) is 42.9 Å². The van der Waals surface area contributed by atoms with Gasteiger partial charge in [0.05, 0.1) is 11.6 Å². The number of pyridine rings is 1.